The standard InChI is InChI=1S/C20H20N2O2/c23-20(19-14-16-6-3-4-8-18(16)24-19)22-13-5-1-2-7-17(22)15-9-11-21-12-10-15/h3-4,6,8-12,14,17H,1-2,5,7,13H2/t17-/m0/s1. The van der Waals surface area contributed by atoms with Crippen molar-refractivity contribution in [2.75, 3.05) is 6.54 Å². The molecule has 1 fully saturated rings. The maximum atomic E-state index is 13.1. The van der Waals surface area contributed by atoms with E-state index in [4.69, 9.17) is 4.42 Å². The number of rotatable bonds is 2. The summed E-state index contributed by atoms with van der Waals surface area (Å²) in [6.07, 6.45) is 7.90. The van der Waals surface area contributed by atoms with Gasteiger partial charge in [0.25, 0.3) is 5.91 Å². The molecule has 0 radical (unpaired) electrons. The number of para-hydroxylation sites is 1. The monoisotopic (exact) mass is 320 g/mol. The molecule has 0 N–H and O–H groups in total. The molecule has 24 heavy (non-hydrogen) atoms. The highest BCUT2D eigenvalue weighted by Gasteiger charge is 2.29. The first-order chi connectivity index (χ1) is 11.8. The Labute approximate surface area is 141 Å². The molecular weight excluding hydrogens is 300 g/mol. The highest BCUT2D eigenvalue weighted by Crippen LogP contribution is 2.32. The predicted octanol–water partition coefficient (Wildman–Crippen LogP) is 4.59. The summed E-state index contributed by atoms with van der Waals surface area (Å²) in [6.45, 7) is 0.767. The predicted molar refractivity (Wildman–Crippen MR) is 92.7 cm³/mol. The molecule has 1 atom stereocenters. The van der Waals surface area contributed by atoms with E-state index in [1.54, 1.807) is 12.4 Å². The number of nitrogens with zero attached hydrogens (tertiary/aromatic N) is 2. The molecule has 1 aliphatic rings. The molecule has 3 aromatic rings. The van der Waals surface area contributed by atoms with Crippen molar-refractivity contribution in [3.63, 3.8) is 0 Å². The fraction of sp³-hybridized carbons (Fsp3) is 0.300. The van der Waals surface area contributed by atoms with E-state index < -0.39 is 0 Å². The van der Waals surface area contributed by atoms with Gasteiger partial charge in [0.2, 0.25) is 0 Å². The van der Waals surface area contributed by atoms with Gasteiger partial charge in [-0.1, -0.05) is 31.0 Å². The van der Waals surface area contributed by atoms with Gasteiger partial charge in [0, 0.05) is 24.3 Å². The third-order valence-electron chi connectivity index (χ3n) is 4.74. The Hall–Kier alpha value is -2.62. The number of pyridine rings is 1. The number of hydrogen-bond donors (Lipinski definition) is 0. The number of carbonyl (C=O) groups is 1. The lowest BCUT2D eigenvalue weighted by molar-refractivity contribution is 0.0650. The Morgan fingerprint density at radius 2 is 1.92 bits per heavy atom. The van der Waals surface area contributed by atoms with Gasteiger partial charge in [0.15, 0.2) is 5.76 Å². The van der Waals surface area contributed by atoms with Gasteiger partial charge < -0.3 is 9.32 Å². The van der Waals surface area contributed by atoms with Gasteiger partial charge in [-0.15, -0.1) is 0 Å². The van der Waals surface area contributed by atoms with Crippen LogP contribution in [0, 0.1) is 0 Å². The van der Waals surface area contributed by atoms with Gasteiger partial charge in [0.1, 0.15) is 5.58 Å². The molecule has 3 heterocycles. The van der Waals surface area contributed by atoms with Crippen LogP contribution in [-0.2, 0) is 0 Å². The summed E-state index contributed by atoms with van der Waals surface area (Å²) in [6, 6.07) is 13.7. The zero-order chi connectivity index (χ0) is 16.4. The first-order valence-electron chi connectivity index (χ1n) is 8.52. The molecule has 4 heteroatoms. The maximum Gasteiger partial charge on any atom is 0.290 e. The second-order valence-electron chi connectivity index (χ2n) is 6.29. The number of aromatic nitrogens is 1. The number of amides is 1. The van der Waals surface area contributed by atoms with Gasteiger partial charge in [-0.3, -0.25) is 9.78 Å². The Kier molecular flexibility index (Phi) is 4.03. The van der Waals surface area contributed by atoms with Crippen LogP contribution in [0.5, 0.6) is 0 Å². The van der Waals surface area contributed by atoms with Crippen LogP contribution in [0.2, 0.25) is 0 Å². The van der Waals surface area contributed by atoms with Crippen molar-refractivity contribution >= 4 is 16.9 Å². The zero-order valence-electron chi connectivity index (χ0n) is 13.5. The summed E-state index contributed by atoms with van der Waals surface area (Å²) in [5.41, 5.74) is 1.91. The Balaban J connectivity index is 1.69. The van der Waals surface area contributed by atoms with Crippen LogP contribution in [-0.4, -0.2) is 22.3 Å². The minimum absolute atomic E-state index is 0.0186. The van der Waals surface area contributed by atoms with Crippen molar-refractivity contribution in [2.45, 2.75) is 31.7 Å². The first-order valence-corrected chi connectivity index (χ1v) is 8.52. The topological polar surface area (TPSA) is 46.3 Å². The normalized spacial score (nSPS) is 18.5. The summed E-state index contributed by atoms with van der Waals surface area (Å²) in [7, 11) is 0. The van der Waals surface area contributed by atoms with Gasteiger partial charge in [-0.2, -0.15) is 0 Å². The van der Waals surface area contributed by atoms with Crippen LogP contribution in [0.15, 0.2) is 59.3 Å². The van der Waals surface area contributed by atoms with Crippen LogP contribution >= 0.6 is 0 Å². The lowest BCUT2D eigenvalue weighted by Gasteiger charge is -2.29. The summed E-state index contributed by atoms with van der Waals surface area (Å²) in [5.74, 6) is 0.409. The van der Waals surface area contributed by atoms with Crippen molar-refractivity contribution in [1.29, 1.82) is 0 Å². The largest absolute Gasteiger partial charge is 0.451 e. The number of benzene rings is 1. The van der Waals surface area contributed by atoms with E-state index in [2.05, 4.69) is 4.98 Å². The number of likely N-dealkylation sites (tertiary alicyclic amines) is 1. The van der Waals surface area contributed by atoms with Crippen LogP contribution in [0.1, 0.15) is 47.8 Å². The first kappa shape index (κ1) is 14.9. The number of carbonyl (C=O) groups excluding carboxylic acids is 1. The quantitative estimate of drug-likeness (QED) is 0.694. The SMILES string of the molecule is O=C(c1cc2ccccc2o1)N1CCCCC[C@H]1c1ccncc1. The van der Waals surface area contributed by atoms with Crippen molar-refractivity contribution < 1.29 is 9.21 Å². The van der Waals surface area contributed by atoms with Crippen LogP contribution in [0.25, 0.3) is 11.0 Å². The molecule has 4 rings (SSSR count). The molecule has 2 aromatic heterocycles. The van der Waals surface area contributed by atoms with Crippen LogP contribution in [0.4, 0.5) is 0 Å². The van der Waals surface area contributed by atoms with Crippen molar-refractivity contribution in [2.24, 2.45) is 0 Å². The molecule has 1 aliphatic heterocycles. The molecule has 122 valence electrons. The van der Waals surface area contributed by atoms with E-state index in [1.165, 1.54) is 0 Å². The highest BCUT2D eigenvalue weighted by molar-refractivity contribution is 5.96. The molecule has 0 saturated carbocycles. The van der Waals surface area contributed by atoms with Crippen LogP contribution in [0.3, 0.4) is 0 Å². The third-order valence-corrected chi connectivity index (χ3v) is 4.74. The van der Waals surface area contributed by atoms with Crippen molar-refractivity contribution in [3.8, 4) is 0 Å². The second kappa shape index (κ2) is 6.48. The van der Waals surface area contributed by atoms with E-state index in [0.29, 0.717) is 5.76 Å². The lowest BCUT2D eigenvalue weighted by Crippen LogP contribution is -2.34. The maximum absolute atomic E-state index is 13.1. The number of furan rings is 1. The molecular formula is C20H20N2O2. The van der Waals surface area contributed by atoms with Gasteiger partial charge >= 0.3 is 0 Å². The average Bonchev–Trinajstić information content (AvgIpc) is 2.91. The summed E-state index contributed by atoms with van der Waals surface area (Å²) >= 11 is 0. The summed E-state index contributed by atoms with van der Waals surface area (Å²) < 4.78 is 5.80. The van der Waals surface area contributed by atoms with E-state index in [-0.39, 0.29) is 11.9 Å². The van der Waals surface area contributed by atoms with Crippen LogP contribution < -0.4 is 0 Å². The minimum Gasteiger partial charge on any atom is -0.451 e. The molecule has 0 bridgehead atoms. The van der Waals surface area contributed by atoms with E-state index in [9.17, 15) is 4.79 Å². The van der Waals surface area contributed by atoms with Crippen molar-refractivity contribution in [3.05, 3.63) is 66.2 Å². The smallest absolute Gasteiger partial charge is 0.290 e. The van der Waals surface area contributed by atoms with E-state index >= 15 is 0 Å². The highest BCUT2D eigenvalue weighted by atomic mass is 16.3. The average molecular weight is 320 g/mol. The molecule has 0 unspecified atom stereocenters. The summed E-state index contributed by atoms with van der Waals surface area (Å²) in [4.78, 5) is 19.2. The number of fused-ring (bicyclic) bond motifs is 1. The van der Waals surface area contributed by atoms with Crippen molar-refractivity contribution in [1.82, 2.24) is 9.88 Å². The van der Waals surface area contributed by atoms with Gasteiger partial charge in [-0.05, 0) is 42.7 Å². The Morgan fingerprint density at radius 3 is 2.75 bits per heavy atom. The van der Waals surface area contributed by atoms with Gasteiger partial charge in [-0.25, -0.2) is 0 Å². The van der Waals surface area contributed by atoms with E-state index in [1.807, 2.05) is 47.4 Å². The zero-order valence-corrected chi connectivity index (χ0v) is 13.5. The van der Waals surface area contributed by atoms with E-state index in [0.717, 1.165) is 48.8 Å². The third kappa shape index (κ3) is 2.80. The number of hydrogen-bond acceptors (Lipinski definition) is 3. The molecule has 1 amide bonds. The summed E-state index contributed by atoms with van der Waals surface area (Å²) in [5, 5.41) is 0.969. The molecule has 0 spiro atoms. The van der Waals surface area contributed by atoms with Gasteiger partial charge in [0.05, 0.1) is 6.04 Å². The molecule has 0 aliphatic carbocycles. The lowest BCUT2D eigenvalue weighted by atomic mass is 10.0. The molecule has 1 saturated heterocycles. The molecule has 4 nitrogen and oxygen atoms in total. The fourth-order valence-electron chi connectivity index (χ4n) is 3.51. The minimum atomic E-state index is -0.0186. The molecule has 1 aromatic carbocycles. The second-order valence-corrected chi connectivity index (χ2v) is 6.29. The Morgan fingerprint density at radius 1 is 1.08 bits per heavy atom. The Bertz CT molecular complexity index is 808. The fourth-order valence-corrected chi connectivity index (χ4v) is 3.51.